The summed E-state index contributed by atoms with van der Waals surface area (Å²) in [6.45, 7) is 6.56. The molecule has 1 heterocycles. The fourth-order valence-electron chi connectivity index (χ4n) is 4.12. The molecule has 224 valence electrons. The van der Waals surface area contributed by atoms with Crippen molar-refractivity contribution in [3.8, 4) is 11.5 Å². The summed E-state index contributed by atoms with van der Waals surface area (Å²) < 4.78 is 20.7. The van der Waals surface area contributed by atoms with E-state index >= 15 is 0 Å². The molecule has 0 atom stereocenters. The third-order valence-corrected chi connectivity index (χ3v) is 6.01. The van der Waals surface area contributed by atoms with E-state index in [-0.39, 0.29) is 73.4 Å². The molecule has 0 aliphatic carbocycles. The van der Waals surface area contributed by atoms with E-state index < -0.39 is 30.9 Å². The molecule has 42 heavy (non-hydrogen) atoms. The first-order valence-corrected chi connectivity index (χ1v) is 13.6. The minimum Gasteiger partial charge on any atom is -0.478 e. The second-order valence-electron chi connectivity index (χ2n) is 9.79. The Kier molecular flexibility index (Phi) is 11.2. The fourth-order valence-corrected chi connectivity index (χ4v) is 4.12. The highest BCUT2D eigenvalue weighted by atomic mass is 16.6. The van der Waals surface area contributed by atoms with Crippen LogP contribution in [-0.4, -0.2) is 73.2 Å². The van der Waals surface area contributed by atoms with Crippen LogP contribution in [0.3, 0.4) is 0 Å². The van der Waals surface area contributed by atoms with Crippen LogP contribution >= 0.6 is 0 Å². The van der Waals surface area contributed by atoms with Crippen molar-refractivity contribution >= 4 is 35.4 Å². The Hall–Kier alpha value is -4.74. The molecule has 2 aromatic carbocycles. The lowest BCUT2D eigenvalue weighted by Crippen LogP contribution is -2.30. The van der Waals surface area contributed by atoms with Crippen LogP contribution < -0.4 is 15.2 Å². The number of nitrogens with zero attached hydrogens (tertiary/aromatic N) is 2. The van der Waals surface area contributed by atoms with Gasteiger partial charge in [-0.1, -0.05) is 19.9 Å². The van der Waals surface area contributed by atoms with Crippen LogP contribution in [0.25, 0.3) is 0 Å². The molecule has 0 aromatic heterocycles. The van der Waals surface area contributed by atoms with Crippen molar-refractivity contribution in [1.29, 1.82) is 0 Å². The smallest absolute Gasteiger partial charge is 0.344 e. The Labute approximate surface area is 243 Å². The average molecular weight is 582 g/mol. The number of hydrogen-bond donors (Lipinski definition) is 1. The summed E-state index contributed by atoms with van der Waals surface area (Å²) in [5.41, 5.74) is 7.81. The predicted molar refractivity (Wildman–Crippen MR) is 151 cm³/mol. The average Bonchev–Trinajstić information content (AvgIpc) is 3.24. The number of ketones is 1. The molecule has 0 fully saturated rings. The molecule has 0 saturated carbocycles. The van der Waals surface area contributed by atoms with E-state index in [4.69, 9.17) is 24.7 Å². The lowest BCUT2D eigenvalue weighted by atomic mass is 10.1. The zero-order chi connectivity index (χ0) is 30.8. The number of nitrogens with two attached hydrogens (primary N) is 1. The quantitative estimate of drug-likeness (QED) is 0.152. The number of amides is 2. The number of carbonyl (C=O) groups excluding carboxylic acids is 5. The van der Waals surface area contributed by atoms with Crippen molar-refractivity contribution in [2.45, 2.75) is 40.7 Å². The lowest BCUT2D eigenvalue weighted by Gasteiger charge is -2.16. The lowest BCUT2D eigenvalue weighted by molar-refractivity contribution is -0.146. The minimum atomic E-state index is -0.625. The molecule has 0 radical (unpaired) electrons. The van der Waals surface area contributed by atoms with Crippen molar-refractivity contribution in [2.24, 2.45) is 16.6 Å². The van der Waals surface area contributed by atoms with Crippen molar-refractivity contribution in [2.75, 3.05) is 33.0 Å². The third kappa shape index (κ3) is 8.63. The summed E-state index contributed by atoms with van der Waals surface area (Å²) in [5, 5.41) is 0. The number of ether oxygens (including phenoxy) is 4. The molecule has 2 N–H and O–H groups in total. The highest BCUT2D eigenvalue weighted by Gasteiger charge is 2.30. The molecule has 1 aliphatic rings. The highest BCUT2D eigenvalue weighted by molar-refractivity contribution is 6.07. The molecule has 1 aliphatic heterocycles. The molecule has 0 bridgehead atoms. The second-order valence-corrected chi connectivity index (χ2v) is 9.79. The Bertz CT molecular complexity index is 1380. The molecule has 3 rings (SSSR count). The van der Waals surface area contributed by atoms with Crippen LogP contribution in [0.15, 0.2) is 41.4 Å². The van der Waals surface area contributed by atoms with E-state index in [0.29, 0.717) is 16.7 Å². The summed E-state index contributed by atoms with van der Waals surface area (Å²) in [5.74, 6) is -1.90. The molecular weight excluding hydrogens is 546 g/mol. The Morgan fingerprint density at radius 3 is 2.14 bits per heavy atom. The van der Waals surface area contributed by atoms with Gasteiger partial charge in [-0.25, -0.2) is 9.59 Å². The van der Waals surface area contributed by atoms with Gasteiger partial charge in [0.25, 0.3) is 5.91 Å². The van der Waals surface area contributed by atoms with Crippen molar-refractivity contribution in [3.63, 3.8) is 0 Å². The van der Waals surface area contributed by atoms with Crippen LogP contribution in [0.4, 0.5) is 0 Å². The van der Waals surface area contributed by atoms with Gasteiger partial charge in [0, 0.05) is 29.7 Å². The van der Waals surface area contributed by atoms with Crippen molar-refractivity contribution < 1.29 is 42.9 Å². The zero-order valence-electron chi connectivity index (χ0n) is 24.1. The molecule has 2 aromatic rings. The summed E-state index contributed by atoms with van der Waals surface area (Å²) >= 11 is 0. The molecule has 2 amide bonds. The first-order valence-electron chi connectivity index (χ1n) is 13.6. The van der Waals surface area contributed by atoms with Gasteiger partial charge in [0.05, 0.1) is 19.8 Å². The van der Waals surface area contributed by atoms with E-state index in [9.17, 15) is 24.0 Å². The number of fused-ring (bicyclic) bond motifs is 1. The zero-order valence-corrected chi connectivity index (χ0v) is 24.1. The van der Waals surface area contributed by atoms with Gasteiger partial charge in [0.2, 0.25) is 5.91 Å². The SMILES string of the molecule is CCOC(=O)COc1ccc(C(=O)CN2Cc3cc(C(N)=NC(=O)CC(C)C)ccc3C2=O)cc1OCC(=O)OCC. The molecule has 12 nitrogen and oxygen atoms in total. The number of rotatable bonds is 14. The largest absolute Gasteiger partial charge is 0.478 e. The number of hydrogen-bond acceptors (Lipinski definition) is 9. The number of Topliss-reactive ketones (excluding diaryl/α,β-unsaturated/α-hetero) is 1. The number of carbonyl (C=O) groups is 5. The number of amidine groups is 1. The van der Waals surface area contributed by atoms with E-state index in [0.717, 1.165) is 0 Å². The summed E-state index contributed by atoms with van der Waals surface area (Å²) in [7, 11) is 0. The van der Waals surface area contributed by atoms with Gasteiger partial charge in [0.15, 0.2) is 30.5 Å². The van der Waals surface area contributed by atoms with Crippen molar-refractivity contribution in [1.82, 2.24) is 4.90 Å². The summed E-state index contributed by atoms with van der Waals surface area (Å²) in [6, 6.07) is 9.19. The fraction of sp³-hybridized carbons (Fsp3) is 0.400. The van der Waals surface area contributed by atoms with Gasteiger partial charge in [-0.3, -0.25) is 14.4 Å². The van der Waals surface area contributed by atoms with Crippen LogP contribution in [0.2, 0.25) is 0 Å². The van der Waals surface area contributed by atoms with Gasteiger partial charge in [-0.05, 0) is 55.7 Å². The van der Waals surface area contributed by atoms with Crippen LogP contribution in [0.1, 0.15) is 66.0 Å². The Morgan fingerprint density at radius 1 is 0.905 bits per heavy atom. The van der Waals surface area contributed by atoms with E-state index in [2.05, 4.69) is 4.99 Å². The normalized spacial score (nSPS) is 12.6. The van der Waals surface area contributed by atoms with Crippen LogP contribution in [0.5, 0.6) is 11.5 Å². The van der Waals surface area contributed by atoms with E-state index in [1.165, 1.54) is 23.1 Å². The van der Waals surface area contributed by atoms with Gasteiger partial charge in [0.1, 0.15) is 5.84 Å². The molecule has 0 unspecified atom stereocenters. The van der Waals surface area contributed by atoms with E-state index in [1.807, 2.05) is 13.8 Å². The first kappa shape index (κ1) is 31.8. The van der Waals surface area contributed by atoms with Gasteiger partial charge in [-0.15, -0.1) is 0 Å². The molecular formula is C30H35N3O9. The number of aliphatic imine (C=N–C) groups is 1. The first-order chi connectivity index (χ1) is 20.0. The molecule has 0 spiro atoms. The minimum absolute atomic E-state index is 0.0423. The number of benzene rings is 2. The van der Waals surface area contributed by atoms with Gasteiger partial charge in [-0.2, -0.15) is 4.99 Å². The highest BCUT2D eigenvalue weighted by Crippen LogP contribution is 2.30. The van der Waals surface area contributed by atoms with Crippen LogP contribution in [-0.2, 0) is 30.4 Å². The topological polar surface area (TPSA) is 164 Å². The predicted octanol–water partition coefficient (Wildman–Crippen LogP) is 2.69. The van der Waals surface area contributed by atoms with Crippen molar-refractivity contribution in [3.05, 3.63) is 58.7 Å². The third-order valence-electron chi connectivity index (χ3n) is 6.01. The monoisotopic (exact) mass is 581 g/mol. The second kappa shape index (κ2) is 14.8. The Balaban J connectivity index is 1.74. The van der Waals surface area contributed by atoms with Gasteiger partial charge >= 0.3 is 11.9 Å². The van der Waals surface area contributed by atoms with E-state index in [1.54, 1.807) is 32.0 Å². The standard InChI is InChI=1S/C30H35N3O9/c1-5-39-27(36)16-41-24-10-8-19(13-25(24)42-17-28(37)40-6-2)23(34)15-33-14-21-12-20(7-9-22(21)30(33)38)29(31)32-26(35)11-18(3)4/h7-10,12-13,18H,5-6,11,14-17H2,1-4H3,(H2,31,32,35). The molecule has 0 saturated heterocycles. The maximum absolute atomic E-state index is 13.2. The van der Waals surface area contributed by atoms with Gasteiger partial charge < -0.3 is 29.6 Å². The maximum Gasteiger partial charge on any atom is 0.344 e. The Morgan fingerprint density at radius 2 is 1.52 bits per heavy atom. The molecule has 12 heteroatoms. The van der Waals surface area contributed by atoms with Crippen LogP contribution in [0, 0.1) is 5.92 Å². The summed E-state index contributed by atoms with van der Waals surface area (Å²) in [4.78, 5) is 67.2. The summed E-state index contributed by atoms with van der Waals surface area (Å²) in [6.07, 6.45) is 0.272. The maximum atomic E-state index is 13.2. The number of esters is 2.